The number of benzene rings is 2. The molecule has 26 heavy (non-hydrogen) atoms. The molecular weight excluding hydrogens is 336 g/mol. The van der Waals surface area contributed by atoms with Gasteiger partial charge in [0.15, 0.2) is 0 Å². The van der Waals surface area contributed by atoms with Gasteiger partial charge in [0.25, 0.3) is 0 Å². The Bertz CT molecular complexity index is 927. The normalized spacial score (nSPS) is 25.8. The number of likely N-dealkylation sites (tertiary alicyclic amines) is 1. The van der Waals surface area contributed by atoms with E-state index >= 15 is 0 Å². The molecule has 2 nitrogen and oxygen atoms in total. The van der Waals surface area contributed by atoms with Crippen molar-refractivity contribution in [3.05, 3.63) is 53.0 Å². The molecule has 1 aliphatic carbocycles. The summed E-state index contributed by atoms with van der Waals surface area (Å²) in [4.78, 5) is 7.33. The molecule has 3 aromatic rings. The topological polar surface area (TPSA) is 16.1 Å². The van der Waals surface area contributed by atoms with E-state index in [2.05, 4.69) is 66.2 Å². The Kier molecular flexibility index (Phi) is 4.10. The summed E-state index contributed by atoms with van der Waals surface area (Å²) < 4.78 is 1.28. The highest BCUT2D eigenvalue weighted by Crippen LogP contribution is 2.48. The second-order valence-corrected chi connectivity index (χ2v) is 9.36. The summed E-state index contributed by atoms with van der Waals surface area (Å²) in [7, 11) is 0. The molecular formula is C23H26N2S. The molecule has 2 fully saturated rings. The van der Waals surface area contributed by atoms with Gasteiger partial charge in [-0.25, -0.2) is 4.98 Å². The van der Waals surface area contributed by atoms with Crippen molar-refractivity contribution < 1.29 is 0 Å². The molecule has 2 aromatic carbocycles. The summed E-state index contributed by atoms with van der Waals surface area (Å²) in [6, 6.07) is 16.7. The van der Waals surface area contributed by atoms with Gasteiger partial charge < -0.3 is 4.90 Å². The van der Waals surface area contributed by atoms with Crippen molar-refractivity contribution in [3.63, 3.8) is 0 Å². The van der Waals surface area contributed by atoms with Crippen molar-refractivity contribution in [2.45, 2.75) is 45.1 Å². The zero-order valence-corrected chi connectivity index (χ0v) is 16.4. The van der Waals surface area contributed by atoms with Gasteiger partial charge >= 0.3 is 0 Å². The van der Waals surface area contributed by atoms with Crippen LogP contribution >= 0.6 is 11.3 Å². The largest absolute Gasteiger partial charge is 0.300 e. The van der Waals surface area contributed by atoms with Crippen LogP contribution in [0.4, 0.5) is 0 Å². The maximum absolute atomic E-state index is 4.63. The van der Waals surface area contributed by atoms with E-state index < -0.39 is 0 Å². The minimum atomic E-state index is 0.778. The van der Waals surface area contributed by atoms with Crippen LogP contribution in [0, 0.1) is 12.8 Å². The van der Waals surface area contributed by atoms with Gasteiger partial charge in [-0.3, -0.25) is 0 Å². The number of hydrogen-bond donors (Lipinski definition) is 0. The molecule has 1 aromatic heterocycles. The fourth-order valence-corrected chi connectivity index (χ4v) is 5.38. The molecule has 2 heterocycles. The highest BCUT2D eigenvalue weighted by Gasteiger charge is 2.40. The molecule has 134 valence electrons. The van der Waals surface area contributed by atoms with Gasteiger partial charge in [-0.15, -0.1) is 11.3 Å². The minimum Gasteiger partial charge on any atom is -0.300 e. The van der Waals surface area contributed by atoms with Crippen molar-refractivity contribution in [2.24, 2.45) is 5.92 Å². The molecule has 1 saturated carbocycles. The van der Waals surface area contributed by atoms with Crippen LogP contribution in [0.25, 0.3) is 21.3 Å². The molecule has 3 atom stereocenters. The number of fused-ring (bicyclic) bond motifs is 1. The van der Waals surface area contributed by atoms with Gasteiger partial charge in [-0.2, -0.15) is 0 Å². The van der Waals surface area contributed by atoms with Gasteiger partial charge in [-0.1, -0.05) is 30.3 Å². The van der Waals surface area contributed by atoms with E-state index in [1.807, 2.05) is 0 Å². The Morgan fingerprint density at radius 3 is 2.69 bits per heavy atom. The fraction of sp³-hybridized carbons (Fsp3) is 0.435. The van der Waals surface area contributed by atoms with Gasteiger partial charge in [0, 0.05) is 12.6 Å². The van der Waals surface area contributed by atoms with E-state index in [-0.39, 0.29) is 0 Å². The van der Waals surface area contributed by atoms with Crippen molar-refractivity contribution in [3.8, 4) is 11.1 Å². The van der Waals surface area contributed by atoms with E-state index in [1.54, 1.807) is 11.3 Å². The van der Waals surface area contributed by atoms with Crippen LogP contribution in [0.15, 0.2) is 42.5 Å². The smallest absolute Gasteiger partial charge is 0.0907 e. The lowest BCUT2D eigenvalue weighted by atomic mass is 10.0. The lowest BCUT2D eigenvalue weighted by Gasteiger charge is -2.20. The molecule has 0 N–H and O–H groups in total. The van der Waals surface area contributed by atoms with Crippen molar-refractivity contribution >= 4 is 21.6 Å². The molecule has 0 bridgehead atoms. The minimum absolute atomic E-state index is 0.778. The van der Waals surface area contributed by atoms with E-state index in [0.29, 0.717) is 0 Å². The summed E-state index contributed by atoms with van der Waals surface area (Å²) in [5, 5.41) is 1.14. The first-order valence-corrected chi connectivity index (χ1v) is 10.7. The molecule has 1 saturated heterocycles. The van der Waals surface area contributed by atoms with Gasteiger partial charge in [0.2, 0.25) is 0 Å². The molecule has 0 unspecified atom stereocenters. The first-order valence-electron chi connectivity index (χ1n) is 9.89. The number of aromatic nitrogens is 1. The summed E-state index contributed by atoms with van der Waals surface area (Å²) in [6.07, 6.45) is 4.14. The predicted molar refractivity (Wildman–Crippen MR) is 111 cm³/mol. The maximum atomic E-state index is 4.63. The number of rotatable bonds is 4. The summed E-state index contributed by atoms with van der Waals surface area (Å²) in [5.41, 5.74) is 5.21. The average Bonchev–Trinajstić information content (AvgIpc) is 3.13. The van der Waals surface area contributed by atoms with Crippen molar-refractivity contribution in [1.82, 2.24) is 9.88 Å². The number of nitrogens with zero attached hydrogens (tertiary/aromatic N) is 2. The number of thiazole rings is 1. The van der Waals surface area contributed by atoms with Crippen LogP contribution in [0.3, 0.4) is 0 Å². The first kappa shape index (κ1) is 16.5. The van der Waals surface area contributed by atoms with E-state index in [1.165, 1.54) is 53.7 Å². The zero-order valence-electron chi connectivity index (χ0n) is 15.6. The van der Waals surface area contributed by atoms with Crippen LogP contribution in [0.1, 0.15) is 42.7 Å². The van der Waals surface area contributed by atoms with Crippen LogP contribution in [0.5, 0.6) is 0 Å². The quantitative estimate of drug-likeness (QED) is 0.578. The Labute approximate surface area is 159 Å². The monoisotopic (exact) mass is 362 g/mol. The van der Waals surface area contributed by atoms with Crippen LogP contribution in [0.2, 0.25) is 0 Å². The van der Waals surface area contributed by atoms with Gasteiger partial charge in [0.1, 0.15) is 0 Å². The number of aryl methyl sites for hydroxylation is 1. The predicted octanol–water partition coefficient (Wildman–Crippen LogP) is 5.86. The number of hydrogen-bond acceptors (Lipinski definition) is 3. The Balaban J connectivity index is 1.29. The lowest BCUT2D eigenvalue weighted by molar-refractivity contribution is 0.256. The van der Waals surface area contributed by atoms with Crippen LogP contribution < -0.4 is 0 Å². The molecule has 0 amide bonds. The third-order valence-electron chi connectivity index (χ3n) is 6.25. The Morgan fingerprint density at radius 2 is 1.92 bits per heavy atom. The van der Waals surface area contributed by atoms with Gasteiger partial charge in [-0.05, 0) is 80.3 Å². The maximum Gasteiger partial charge on any atom is 0.0907 e. The second kappa shape index (κ2) is 6.47. The third-order valence-corrected chi connectivity index (χ3v) is 7.20. The Hall–Kier alpha value is -1.71. The molecule has 3 heteroatoms. The molecule has 2 aliphatic rings. The fourth-order valence-electron chi connectivity index (χ4n) is 4.57. The second-order valence-electron chi connectivity index (χ2n) is 8.13. The molecule has 5 rings (SSSR count). The third kappa shape index (κ3) is 3.08. The summed E-state index contributed by atoms with van der Waals surface area (Å²) >= 11 is 1.77. The standard InChI is InChI=1S/C23H26N2S/c1-15-4-3-11-25(15)14-20-12-21(20)18-7-5-17(6-8-18)19-9-10-23-22(13-19)24-16(2)26-23/h5-10,13,15,20-21H,3-4,11-12,14H2,1-2H3/t15-,20+,21+/m0/s1. The first-order chi connectivity index (χ1) is 12.7. The van der Waals surface area contributed by atoms with Gasteiger partial charge in [0.05, 0.1) is 15.2 Å². The van der Waals surface area contributed by atoms with Crippen LogP contribution in [-0.4, -0.2) is 29.0 Å². The summed E-state index contributed by atoms with van der Waals surface area (Å²) in [6.45, 7) is 7.07. The van der Waals surface area contributed by atoms with Crippen LogP contribution in [-0.2, 0) is 0 Å². The van der Waals surface area contributed by atoms with Crippen molar-refractivity contribution in [1.29, 1.82) is 0 Å². The van der Waals surface area contributed by atoms with Crippen molar-refractivity contribution in [2.75, 3.05) is 13.1 Å². The highest BCUT2D eigenvalue weighted by atomic mass is 32.1. The average molecular weight is 363 g/mol. The summed E-state index contributed by atoms with van der Waals surface area (Å²) in [5.74, 6) is 1.65. The van der Waals surface area contributed by atoms with E-state index in [4.69, 9.17) is 0 Å². The molecule has 0 radical (unpaired) electrons. The van der Waals surface area contributed by atoms with E-state index in [0.717, 1.165) is 28.4 Å². The zero-order chi connectivity index (χ0) is 17.7. The Morgan fingerprint density at radius 1 is 1.12 bits per heavy atom. The van der Waals surface area contributed by atoms with E-state index in [9.17, 15) is 0 Å². The highest BCUT2D eigenvalue weighted by molar-refractivity contribution is 7.18. The lowest BCUT2D eigenvalue weighted by Crippen LogP contribution is -2.29. The molecule has 0 spiro atoms. The molecule has 1 aliphatic heterocycles. The SMILES string of the molecule is Cc1nc2cc(-c3ccc([C@H]4C[C@@H]4CN4CCC[C@@H]4C)cc3)ccc2s1.